The van der Waals surface area contributed by atoms with Crippen LogP contribution in [0.1, 0.15) is 49.8 Å². The van der Waals surface area contributed by atoms with Gasteiger partial charge in [-0.2, -0.15) is 0 Å². The third-order valence-electron chi connectivity index (χ3n) is 4.10. The SMILES string of the molecule is Cc1cc([C@H](C)NC(=O)CNC(=O)c2ccc(C)c(C)c2)c(C)s1. The Balaban J connectivity index is 1.89. The van der Waals surface area contributed by atoms with Gasteiger partial charge < -0.3 is 10.6 Å². The molecule has 2 rings (SSSR count). The molecule has 2 N–H and O–H groups in total. The third kappa shape index (κ3) is 4.45. The van der Waals surface area contributed by atoms with Crippen LogP contribution in [-0.2, 0) is 4.79 Å². The zero-order valence-corrected chi connectivity index (χ0v) is 15.6. The first-order valence-corrected chi connectivity index (χ1v) is 8.81. The lowest BCUT2D eigenvalue weighted by Crippen LogP contribution is -2.38. The van der Waals surface area contributed by atoms with E-state index in [-0.39, 0.29) is 24.4 Å². The molecular weight excluding hydrogens is 320 g/mol. The lowest BCUT2D eigenvalue weighted by molar-refractivity contribution is -0.120. The lowest BCUT2D eigenvalue weighted by atomic mass is 10.1. The molecule has 0 bridgehead atoms. The number of hydrogen-bond donors (Lipinski definition) is 2. The fraction of sp³-hybridized carbons (Fsp3) is 0.368. The standard InChI is InChI=1S/C19H24N2O2S/c1-11-6-7-16(8-12(11)2)19(23)20-10-18(22)21-14(4)17-9-13(3)24-15(17)5/h6-9,14H,10H2,1-5H3,(H,20,23)(H,21,22)/t14-/m0/s1. The van der Waals surface area contributed by atoms with Crippen LogP contribution in [0.4, 0.5) is 0 Å². The van der Waals surface area contributed by atoms with Gasteiger partial charge in [0.05, 0.1) is 12.6 Å². The zero-order chi connectivity index (χ0) is 17.9. The van der Waals surface area contributed by atoms with Crippen LogP contribution >= 0.6 is 11.3 Å². The molecule has 0 saturated carbocycles. The summed E-state index contributed by atoms with van der Waals surface area (Å²) in [5, 5.41) is 5.60. The molecule has 0 unspecified atom stereocenters. The number of amides is 2. The van der Waals surface area contributed by atoms with E-state index in [9.17, 15) is 9.59 Å². The Kier molecular flexibility index (Phi) is 5.78. The van der Waals surface area contributed by atoms with Gasteiger partial charge in [-0.25, -0.2) is 0 Å². The van der Waals surface area contributed by atoms with Crippen molar-refractivity contribution in [2.45, 2.75) is 40.7 Å². The van der Waals surface area contributed by atoms with Gasteiger partial charge in [0.1, 0.15) is 0 Å². The number of carbonyl (C=O) groups excluding carboxylic acids is 2. The summed E-state index contributed by atoms with van der Waals surface area (Å²) in [6.07, 6.45) is 0. The average Bonchev–Trinajstić information content (AvgIpc) is 2.86. The average molecular weight is 344 g/mol. The second-order valence-electron chi connectivity index (χ2n) is 6.14. The first-order valence-electron chi connectivity index (χ1n) is 7.99. The van der Waals surface area contributed by atoms with E-state index < -0.39 is 0 Å². The van der Waals surface area contributed by atoms with Gasteiger partial charge in [-0.05, 0) is 69.5 Å². The van der Waals surface area contributed by atoms with E-state index in [4.69, 9.17) is 0 Å². The summed E-state index contributed by atoms with van der Waals surface area (Å²) < 4.78 is 0. The molecule has 2 aromatic rings. The van der Waals surface area contributed by atoms with Crippen molar-refractivity contribution >= 4 is 23.2 Å². The summed E-state index contributed by atoms with van der Waals surface area (Å²) in [7, 11) is 0. The number of benzene rings is 1. The van der Waals surface area contributed by atoms with Crippen molar-refractivity contribution in [3.05, 3.63) is 56.3 Å². The number of hydrogen-bond acceptors (Lipinski definition) is 3. The quantitative estimate of drug-likeness (QED) is 0.871. The molecule has 0 aliphatic rings. The third-order valence-corrected chi connectivity index (χ3v) is 5.08. The molecule has 2 amide bonds. The second-order valence-corrected chi connectivity index (χ2v) is 7.60. The Morgan fingerprint density at radius 3 is 2.38 bits per heavy atom. The maximum atomic E-state index is 12.1. The molecule has 1 atom stereocenters. The van der Waals surface area contributed by atoms with Crippen molar-refractivity contribution in [2.75, 3.05) is 6.54 Å². The first kappa shape index (κ1) is 18.2. The predicted molar refractivity (Wildman–Crippen MR) is 98.6 cm³/mol. The van der Waals surface area contributed by atoms with Gasteiger partial charge in [0.15, 0.2) is 0 Å². The first-order chi connectivity index (χ1) is 11.3. The molecule has 0 fully saturated rings. The molecule has 0 radical (unpaired) electrons. The summed E-state index contributed by atoms with van der Waals surface area (Å²) in [5.41, 5.74) is 3.90. The molecule has 0 saturated heterocycles. The second kappa shape index (κ2) is 7.62. The maximum absolute atomic E-state index is 12.1. The minimum atomic E-state index is -0.233. The van der Waals surface area contributed by atoms with Crippen molar-refractivity contribution in [3.63, 3.8) is 0 Å². The van der Waals surface area contributed by atoms with Crippen LogP contribution in [0, 0.1) is 27.7 Å². The highest BCUT2D eigenvalue weighted by atomic mass is 32.1. The van der Waals surface area contributed by atoms with Gasteiger partial charge in [0.2, 0.25) is 5.91 Å². The van der Waals surface area contributed by atoms with Crippen LogP contribution in [0.25, 0.3) is 0 Å². The monoisotopic (exact) mass is 344 g/mol. The summed E-state index contributed by atoms with van der Waals surface area (Å²) in [6, 6.07) is 7.55. The largest absolute Gasteiger partial charge is 0.348 e. The molecule has 1 heterocycles. The summed E-state index contributed by atoms with van der Waals surface area (Å²) in [6.45, 7) is 10.00. The van der Waals surface area contributed by atoms with Crippen LogP contribution in [0.3, 0.4) is 0 Å². The molecule has 0 aliphatic carbocycles. The highest BCUT2D eigenvalue weighted by Crippen LogP contribution is 2.25. The fourth-order valence-corrected chi connectivity index (χ4v) is 3.62. The molecule has 1 aromatic heterocycles. The number of rotatable bonds is 5. The molecular formula is C19H24N2O2S. The molecule has 128 valence electrons. The Bertz CT molecular complexity index is 765. The maximum Gasteiger partial charge on any atom is 0.251 e. The topological polar surface area (TPSA) is 58.2 Å². The fourth-order valence-electron chi connectivity index (χ4n) is 2.60. The molecule has 1 aromatic carbocycles. The van der Waals surface area contributed by atoms with Crippen LogP contribution in [0.5, 0.6) is 0 Å². The van der Waals surface area contributed by atoms with Crippen molar-refractivity contribution in [1.82, 2.24) is 10.6 Å². The van der Waals surface area contributed by atoms with Crippen LogP contribution in [0.2, 0.25) is 0 Å². The smallest absolute Gasteiger partial charge is 0.251 e. The Labute approximate surface area is 147 Å². The number of aryl methyl sites for hydroxylation is 4. The van der Waals surface area contributed by atoms with E-state index in [1.165, 1.54) is 9.75 Å². The van der Waals surface area contributed by atoms with E-state index in [2.05, 4.69) is 30.5 Å². The lowest BCUT2D eigenvalue weighted by Gasteiger charge is -2.14. The molecule has 24 heavy (non-hydrogen) atoms. The van der Waals surface area contributed by atoms with E-state index in [0.717, 1.165) is 16.7 Å². The summed E-state index contributed by atoms with van der Waals surface area (Å²) in [4.78, 5) is 26.7. The molecule has 4 nitrogen and oxygen atoms in total. The van der Waals surface area contributed by atoms with Crippen LogP contribution < -0.4 is 10.6 Å². The number of thiophene rings is 1. The minimum Gasteiger partial charge on any atom is -0.348 e. The Morgan fingerprint density at radius 1 is 1.08 bits per heavy atom. The number of carbonyl (C=O) groups is 2. The summed E-state index contributed by atoms with van der Waals surface area (Å²) >= 11 is 1.72. The summed E-state index contributed by atoms with van der Waals surface area (Å²) in [5.74, 6) is -0.425. The van der Waals surface area contributed by atoms with E-state index in [0.29, 0.717) is 5.56 Å². The van der Waals surface area contributed by atoms with Gasteiger partial charge >= 0.3 is 0 Å². The molecule has 5 heteroatoms. The minimum absolute atomic E-state index is 0.0295. The van der Waals surface area contributed by atoms with Gasteiger partial charge in [-0.1, -0.05) is 6.07 Å². The van der Waals surface area contributed by atoms with Gasteiger partial charge in [0.25, 0.3) is 5.91 Å². The van der Waals surface area contributed by atoms with Gasteiger partial charge in [-0.3, -0.25) is 9.59 Å². The molecule has 0 spiro atoms. The highest BCUT2D eigenvalue weighted by molar-refractivity contribution is 7.12. The van der Waals surface area contributed by atoms with Crippen molar-refractivity contribution in [3.8, 4) is 0 Å². The van der Waals surface area contributed by atoms with Gasteiger partial charge in [0, 0.05) is 15.3 Å². The van der Waals surface area contributed by atoms with E-state index in [1.807, 2.05) is 32.9 Å². The van der Waals surface area contributed by atoms with Crippen LogP contribution in [-0.4, -0.2) is 18.4 Å². The van der Waals surface area contributed by atoms with Crippen molar-refractivity contribution in [1.29, 1.82) is 0 Å². The highest BCUT2D eigenvalue weighted by Gasteiger charge is 2.15. The Hall–Kier alpha value is -2.14. The Morgan fingerprint density at radius 2 is 1.79 bits per heavy atom. The van der Waals surface area contributed by atoms with Crippen molar-refractivity contribution < 1.29 is 9.59 Å². The predicted octanol–water partition coefficient (Wildman–Crippen LogP) is 3.59. The normalized spacial score (nSPS) is 11.9. The van der Waals surface area contributed by atoms with E-state index >= 15 is 0 Å². The van der Waals surface area contributed by atoms with Gasteiger partial charge in [-0.15, -0.1) is 11.3 Å². The van der Waals surface area contributed by atoms with Crippen LogP contribution in [0.15, 0.2) is 24.3 Å². The zero-order valence-electron chi connectivity index (χ0n) is 14.8. The van der Waals surface area contributed by atoms with Crippen molar-refractivity contribution in [2.24, 2.45) is 0 Å². The van der Waals surface area contributed by atoms with E-state index in [1.54, 1.807) is 17.4 Å². The molecule has 0 aliphatic heterocycles. The number of nitrogens with one attached hydrogen (secondary N) is 2.